The second-order valence-corrected chi connectivity index (χ2v) is 6.96. The fourth-order valence-corrected chi connectivity index (χ4v) is 3.24. The molecule has 26 heavy (non-hydrogen) atoms. The Balaban J connectivity index is 0.00000338. The Morgan fingerprint density at radius 2 is 2.23 bits per heavy atom. The lowest BCUT2D eigenvalue weighted by Crippen LogP contribution is -2.40. The molecule has 1 unspecified atom stereocenters. The Morgan fingerprint density at radius 3 is 2.88 bits per heavy atom. The lowest BCUT2D eigenvalue weighted by molar-refractivity contribution is 0.0954. The Hall–Kier alpha value is -1.38. The number of nitrogens with one attached hydrogen (secondary N) is 2. The summed E-state index contributed by atoms with van der Waals surface area (Å²) in [4.78, 5) is 23.0. The first kappa shape index (κ1) is 22.7. The van der Waals surface area contributed by atoms with Gasteiger partial charge >= 0.3 is 0 Å². The summed E-state index contributed by atoms with van der Waals surface area (Å²) < 4.78 is 0. The third-order valence-electron chi connectivity index (χ3n) is 4.31. The fraction of sp³-hybridized carbons (Fsp3) is 0.632. The molecule has 1 amide bonds. The maximum absolute atomic E-state index is 12.0. The molecule has 0 bridgehead atoms. The van der Waals surface area contributed by atoms with Crippen molar-refractivity contribution in [3.8, 4) is 0 Å². The molecule has 0 aromatic carbocycles. The molecule has 0 aliphatic carbocycles. The van der Waals surface area contributed by atoms with Crippen LogP contribution in [0, 0.1) is 11.8 Å². The minimum absolute atomic E-state index is 0. The highest BCUT2D eigenvalue weighted by atomic mass is 127. The molecule has 1 atom stereocenters. The molecule has 7 heteroatoms. The van der Waals surface area contributed by atoms with Crippen molar-refractivity contribution < 1.29 is 4.79 Å². The van der Waals surface area contributed by atoms with Gasteiger partial charge in [-0.3, -0.25) is 14.8 Å². The number of likely N-dealkylation sites (tertiary alicyclic amines) is 1. The van der Waals surface area contributed by atoms with Crippen LogP contribution >= 0.6 is 24.0 Å². The molecular formula is C19H32IN5O. The topological polar surface area (TPSA) is 69.6 Å². The lowest BCUT2D eigenvalue weighted by atomic mass is 9.97. The quantitative estimate of drug-likeness (QED) is 0.277. The summed E-state index contributed by atoms with van der Waals surface area (Å²) >= 11 is 0. The summed E-state index contributed by atoms with van der Waals surface area (Å²) in [5.41, 5.74) is 0.578. The normalized spacial score (nSPS) is 17.2. The molecule has 2 N–H and O–H groups in total. The minimum atomic E-state index is -0.105. The van der Waals surface area contributed by atoms with Gasteiger partial charge in [0.1, 0.15) is 0 Å². The first-order valence-electron chi connectivity index (χ1n) is 9.31. The van der Waals surface area contributed by atoms with Crippen molar-refractivity contribution in [1.29, 1.82) is 0 Å². The molecular weight excluding hydrogens is 441 g/mol. The second kappa shape index (κ2) is 12.1. The van der Waals surface area contributed by atoms with Gasteiger partial charge in [0, 0.05) is 38.6 Å². The number of nitrogens with zero attached hydrogens (tertiary/aromatic N) is 3. The van der Waals surface area contributed by atoms with Crippen LogP contribution in [0.4, 0.5) is 0 Å². The van der Waals surface area contributed by atoms with E-state index < -0.39 is 0 Å². The van der Waals surface area contributed by atoms with Crippen molar-refractivity contribution in [1.82, 2.24) is 20.5 Å². The van der Waals surface area contributed by atoms with Gasteiger partial charge in [0.15, 0.2) is 5.96 Å². The molecule has 1 aromatic rings. The molecule has 2 rings (SSSR count). The summed E-state index contributed by atoms with van der Waals surface area (Å²) in [6.45, 7) is 10.7. The zero-order valence-corrected chi connectivity index (χ0v) is 18.4. The third-order valence-corrected chi connectivity index (χ3v) is 4.31. The van der Waals surface area contributed by atoms with Crippen LogP contribution in [-0.4, -0.2) is 54.5 Å². The molecule has 1 aromatic heterocycles. The molecule has 1 aliphatic heterocycles. The van der Waals surface area contributed by atoms with Crippen LogP contribution in [0.1, 0.15) is 44.0 Å². The van der Waals surface area contributed by atoms with E-state index in [4.69, 9.17) is 0 Å². The van der Waals surface area contributed by atoms with E-state index in [0.29, 0.717) is 18.7 Å². The van der Waals surface area contributed by atoms with Gasteiger partial charge in [0.05, 0.1) is 12.1 Å². The van der Waals surface area contributed by atoms with E-state index in [1.165, 1.54) is 12.8 Å². The van der Waals surface area contributed by atoms with E-state index >= 15 is 0 Å². The zero-order valence-electron chi connectivity index (χ0n) is 16.1. The maximum Gasteiger partial charge on any atom is 0.252 e. The summed E-state index contributed by atoms with van der Waals surface area (Å²) in [7, 11) is 0. The van der Waals surface area contributed by atoms with Crippen molar-refractivity contribution in [2.45, 2.75) is 33.6 Å². The zero-order chi connectivity index (χ0) is 18.1. The van der Waals surface area contributed by atoms with Crippen LogP contribution in [0.5, 0.6) is 0 Å². The molecule has 0 radical (unpaired) electrons. The number of hydrogen-bond acceptors (Lipinski definition) is 3. The van der Waals surface area contributed by atoms with Crippen molar-refractivity contribution in [2.24, 2.45) is 16.8 Å². The Morgan fingerprint density at radius 1 is 1.42 bits per heavy atom. The van der Waals surface area contributed by atoms with Crippen LogP contribution < -0.4 is 10.6 Å². The standard InChI is InChI=1S/C19H31N5O.HI/c1-4-21-19(24-11-7-16(14-24)12-15(2)3)23-10-9-22-18(25)17-6-5-8-20-13-17;/h5-6,8,13,15-16H,4,7,9-12,14H2,1-3H3,(H,21,23)(H,22,25);1H. The number of aromatic nitrogens is 1. The average Bonchev–Trinajstić information content (AvgIpc) is 3.05. The van der Waals surface area contributed by atoms with Crippen LogP contribution in [-0.2, 0) is 0 Å². The Labute approximate surface area is 174 Å². The molecule has 1 fully saturated rings. The molecule has 6 nitrogen and oxygen atoms in total. The molecule has 0 spiro atoms. The molecule has 0 saturated carbocycles. The highest BCUT2D eigenvalue weighted by molar-refractivity contribution is 14.0. The molecule has 2 heterocycles. The van der Waals surface area contributed by atoms with E-state index in [9.17, 15) is 4.79 Å². The van der Waals surface area contributed by atoms with E-state index in [1.807, 2.05) is 0 Å². The minimum Gasteiger partial charge on any atom is -0.357 e. The van der Waals surface area contributed by atoms with Gasteiger partial charge in [-0.25, -0.2) is 0 Å². The van der Waals surface area contributed by atoms with Crippen molar-refractivity contribution in [2.75, 3.05) is 32.7 Å². The third kappa shape index (κ3) is 7.47. The van der Waals surface area contributed by atoms with Gasteiger partial charge < -0.3 is 15.5 Å². The predicted molar refractivity (Wildman–Crippen MR) is 117 cm³/mol. The predicted octanol–water partition coefficient (Wildman–Crippen LogP) is 2.76. The second-order valence-electron chi connectivity index (χ2n) is 6.96. The fourth-order valence-electron chi connectivity index (χ4n) is 3.24. The van der Waals surface area contributed by atoms with Crippen LogP contribution in [0.15, 0.2) is 29.5 Å². The van der Waals surface area contributed by atoms with Crippen molar-refractivity contribution in [3.05, 3.63) is 30.1 Å². The van der Waals surface area contributed by atoms with E-state index in [2.05, 4.69) is 46.3 Å². The summed E-state index contributed by atoms with van der Waals surface area (Å²) in [5.74, 6) is 2.36. The highest BCUT2D eigenvalue weighted by Gasteiger charge is 2.25. The van der Waals surface area contributed by atoms with Gasteiger partial charge in [-0.1, -0.05) is 13.8 Å². The number of guanidine groups is 1. The van der Waals surface area contributed by atoms with E-state index in [0.717, 1.165) is 37.4 Å². The first-order valence-corrected chi connectivity index (χ1v) is 9.31. The molecule has 146 valence electrons. The summed E-state index contributed by atoms with van der Waals surface area (Å²) in [6, 6.07) is 3.52. The average molecular weight is 473 g/mol. The van der Waals surface area contributed by atoms with E-state index in [1.54, 1.807) is 24.5 Å². The smallest absolute Gasteiger partial charge is 0.252 e. The number of halogens is 1. The van der Waals surface area contributed by atoms with Gasteiger partial charge in [0.25, 0.3) is 5.91 Å². The largest absolute Gasteiger partial charge is 0.357 e. The van der Waals surface area contributed by atoms with Crippen molar-refractivity contribution in [3.63, 3.8) is 0 Å². The Kier molecular flexibility index (Phi) is 10.5. The van der Waals surface area contributed by atoms with Gasteiger partial charge in [-0.05, 0) is 43.7 Å². The van der Waals surface area contributed by atoms with Gasteiger partial charge in [-0.15, -0.1) is 24.0 Å². The summed E-state index contributed by atoms with van der Waals surface area (Å²) in [6.07, 6.45) is 5.74. The summed E-state index contributed by atoms with van der Waals surface area (Å²) in [5, 5.41) is 6.26. The number of aliphatic imine (C=N–C) groups is 1. The number of carbonyl (C=O) groups is 1. The molecule has 1 aliphatic rings. The van der Waals surface area contributed by atoms with Gasteiger partial charge in [-0.2, -0.15) is 0 Å². The SMILES string of the molecule is CCNC(=NCCNC(=O)c1cccnc1)N1CCC(CC(C)C)C1.I. The Bertz CT molecular complexity index is 564. The monoisotopic (exact) mass is 473 g/mol. The maximum atomic E-state index is 12.0. The number of carbonyl (C=O) groups excluding carboxylic acids is 1. The number of hydrogen-bond donors (Lipinski definition) is 2. The highest BCUT2D eigenvalue weighted by Crippen LogP contribution is 2.23. The number of amides is 1. The van der Waals surface area contributed by atoms with Gasteiger partial charge in [0.2, 0.25) is 0 Å². The molecule has 1 saturated heterocycles. The lowest BCUT2D eigenvalue weighted by Gasteiger charge is -2.22. The van der Waals surface area contributed by atoms with E-state index in [-0.39, 0.29) is 29.9 Å². The first-order chi connectivity index (χ1) is 12.1. The van der Waals surface area contributed by atoms with Crippen molar-refractivity contribution >= 4 is 35.8 Å². The van der Waals surface area contributed by atoms with Crippen LogP contribution in [0.2, 0.25) is 0 Å². The number of pyridine rings is 1. The number of rotatable bonds is 7. The van der Waals surface area contributed by atoms with Crippen LogP contribution in [0.25, 0.3) is 0 Å². The van der Waals surface area contributed by atoms with Crippen LogP contribution in [0.3, 0.4) is 0 Å².